The van der Waals surface area contributed by atoms with Crippen LogP contribution >= 0.6 is 0 Å². The van der Waals surface area contributed by atoms with Gasteiger partial charge in [-0.2, -0.15) is 8.42 Å². The third-order valence-electron chi connectivity index (χ3n) is 3.13. The lowest BCUT2D eigenvalue weighted by atomic mass is 10.1. The highest BCUT2D eigenvalue weighted by atomic mass is 32.3. The second-order valence-electron chi connectivity index (χ2n) is 4.73. The maximum Gasteiger partial charge on any atom is 0.401 e. The molecule has 0 saturated heterocycles. The lowest BCUT2D eigenvalue weighted by molar-refractivity contribution is 0.162. The van der Waals surface area contributed by atoms with Crippen LogP contribution in [0.15, 0.2) is 86.0 Å². The number of rotatable bonds is 8. The summed E-state index contributed by atoms with van der Waals surface area (Å²) in [5.74, 6) is 0. The van der Waals surface area contributed by atoms with Crippen LogP contribution in [0.4, 0.5) is 0 Å². The Morgan fingerprint density at radius 2 is 1.09 bits per heavy atom. The smallest absolute Gasteiger partial charge is 0.236 e. The number of hydrogen-bond donors (Lipinski definition) is 0. The van der Waals surface area contributed by atoms with E-state index in [-0.39, 0.29) is 0 Å². The van der Waals surface area contributed by atoms with E-state index in [1.54, 1.807) is 48.5 Å². The first-order valence-corrected chi connectivity index (χ1v) is 8.35. The van der Waals surface area contributed by atoms with E-state index in [2.05, 4.69) is 13.2 Å². The summed E-state index contributed by atoms with van der Waals surface area (Å²) in [6.45, 7) is 7.23. The standard InChI is InChI=1S/C18H18O4S/c1-3-17(15-11-7-5-8-12-15)21-23(19,20)22-18(4-2)16-13-9-6-10-14-16/h3-14,17-18H,1-2H2/t17-,18-/m0/s1. The molecule has 0 fully saturated rings. The van der Waals surface area contributed by atoms with Gasteiger partial charge in [-0.1, -0.05) is 72.8 Å². The molecular formula is C18H18O4S. The number of hydrogen-bond acceptors (Lipinski definition) is 4. The van der Waals surface area contributed by atoms with Crippen LogP contribution in [0.25, 0.3) is 0 Å². The van der Waals surface area contributed by atoms with Crippen molar-refractivity contribution in [1.29, 1.82) is 0 Å². The van der Waals surface area contributed by atoms with Crippen molar-refractivity contribution in [2.75, 3.05) is 0 Å². The van der Waals surface area contributed by atoms with Crippen LogP contribution in [0.2, 0.25) is 0 Å². The van der Waals surface area contributed by atoms with Gasteiger partial charge in [0.1, 0.15) is 12.2 Å². The Labute approximate surface area is 137 Å². The molecular weight excluding hydrogens is 312 g/mol. The fraction of sp³-hybridized carbons (Fsp3) is 0.111. The molecule has 0 aliphatic rings. The summed E-state index contributed by atoms with van der Waals surface area (Å²) in [6, 6.07) is 17.8. The third-order valence-corrected chi connectivity index (χ3v) is 4.01. The van der Waals surface area contributed by atoms with E-state index >= 15 is 0 Å². The second-order valence-corrected chi connectivity index (χ2v) is 5.94. The summed E-state index contributed by atoms with van der Waals surface area (Å²) < 4.78 is 34.6. The van der Waals surface area contributed by atoms with Crippen molar-refractivity contribution in [2.24, 2.45) is 0 Å². The first kappa shape index (κ1) is 17.1. The summed E-state index contributed by atoms with van der Waals surface area (Å²) >= 11 is 0. The van der Waals surface area contributed by atoms with Crippen LogP contribution in [0.1, 0.15) is 23.3 Å². The van der Waals surface area contributed by atoms with E-state index in [1.165, 1.54) is 12.2 Å². The van der Waals surface area contributed by atoms with Crippen molar-refractivity contribution in [1.82, 2.24) is 0 Å². The first-order valence-electron chi connectivity index (χ1n) is 7.02. The fourth-order valence-electron chi connectivity index (χ4n) is 2.02. The molecule has 5 heteroatoms. The van der Waals surface area contributed by atoms with Crippen molar-refractivity contribution in [3.8, 4) is 0 Å². The summed E-state index contributed by atoms with van der Waals surface area (Å²) in [5.41, 5.74) is 1.34. The summed E-state index contributed by atoms with van der Waals surface area (Å²) in [6.07, 6.45) is 1.17. The van der Waals surface area contributed by atoms with Crippen LogP contribution in [-0.2, 0) is 18.8 Å². The van der Waals surface area contributed by atoms with Crippen LogP contribution in [0.3, 0.4) is 0 Å². The van der Waals surface area contributed by atoms with Crippen LogP contribution in [-0.4, -0.2) is 8.42 Å². The molecule has 4 nitrogen and oxygen atoms in total. The van der Waals surface area contributed by atoms with Crippen molar-refractivity contribution >= 4 is 10.4 Å². The molecule has 0 N–H and O–H groups in total. The highest BCUT2D eigenvalue weighted by Crippen LogP contribution is 2.26. The molecule has 0 aromatic heterocycles. The van der Waals surface area contributed by atoms with Gasteiger partial charge in [-0.05, 0) is 11.1 Å². The van der Waals surface area contributed by atoms with Crippen molar-refractivity contribution in [3.05, 3.63) is 97.1 Å². The Morgan fingerprint density at radius 3 is 1.39 bits per heavy atom. The average molecular weight is 330 g/mol. The molecule has 0 radical (unpaired) electrons. The molecule has 2 aromatic rings. The Hall–Kier alpha value is -2.21. The third kappa shape index (κ3) is 4.89. The van der Waals surface area contributed by atoms with Gasteiger partial charge >= 0.3 is 10.4 Å². The molecule has 2 rings (SSSR count). The van der Waals surface area contributed by atoms with Gasteiger partial charge in [0.25, 0.3) is 0 Å². The molecule has 0 aliphatic heterocycles. The van der Waals surface area contributed by atoms with Gasteiger partial charge in [-0.15, -0.1) is 13.2 Å². The Morgan fingerprint density at radius 1 is 0.739 bits per heavy atom. The van der Waals surface area contributed by atoms with Crippen molar-refractivity contribution < 1.29 is 16.8 Å². The average Bonchev–Trinajstić information content (AvgIpc) is 2.59. The van der Waals surface area contributed by atoms with Gasteiger partial charge in [-0.3, -0.25) is 0 Å². The molecule has 0 bridgehead atoms. The summed E-state index contributed by atoms with van der Waals surface area (Å²) in [4.78, 5) is 0. The predicted octanol–water partition coefficient (Wildman–Crippen LogP) is 4.12. The van der Waals surface area contributed by atoms with Gasteiger partial charge in [-0.25, -0.2) is 8.37 Å². The van der Waals surface area contributed by atoms with E-state index in [1.807, 2.05) is 12.1 Å². The number of benzene rings is 2. The maximum atomic E-state index is 12.2. The molecule has 0 unspecified atom stereocenters. The van der Waals surface area contributed by atoms with Gasteiger partial charge in [0.2, 0.25) is 0 Å². The van der Waals surface area contributed by atoms with E-state index < -0.39 is 22.6 Å². The van der Waals surface area contributed by atoms with Crippen molar-refractivity contribution in [2.45, 2.75) is 12.2 Å². The zero-order valence-electron chi connectivity index (χ0n) is 12.5. The topological polar surface area (TPSA) is 52.6 Å². The fourth-order valence-corrected chi connectivity index (χ4v) is 2.96. The Bertz CT molecular complexity index is 680. The van der Waals surface area contributed by atoms with Gasteiger partial charge in [0.15, 0.2) is 0 Å². The molecule has 120 valence electrons. The minimum atomic E-state index is -4.24. The quantitative estimate of drug-likeness (QED) is 0.683. The molecule has 2 aromatic carbocycles. The lowest BCUT2D eigenvalue weighted by Crippen LogP contribution is -2.16. The first-order chi connectivity index (χ1) is 11.1. The minimum absolute atomic E-state index is 0.671. The van der Waals surface area contributed by atoms with Crippen LogP contribution in [0.5, 0.6) is 0 Å². The molecule has 0 amide bonds. The molecule has 2 atom stereocenters. The summed E-state index contributed by atoms with van der Waals surface area (Å²) in [5, 5.41) is 0. The molecule has 0 aliphatic carbocycles. The maximum absolute atomic E-state index is 12.2. The second kappa shape index (κ2) is 7.87. The van der Waals surface area contributed by atoms with Gasteiger partial charge in [0.05, 0.1) is 0 Å². The van der Waals surface area contributed by atoms with Crippen LogP contribution < -0.4 is 0 Å². The molecule has 0 saturated carbocycles. The molecule has 23 heavy (non-hydrogen) atoms. The zero-order chi connectivity index (χ0) is 16.7. The van der Waals surface area contributed by atoms with E-state index in [4.69, 9.17) is 8.37 Å². The van der Waals surface area contributed by atoms with Gasteiger partial charge < -0.3 is 0 Å². The predicted molar refractivity (Wildman–Crippen MR) is 89.8 cm³/mol. The largest absolute Gasteiger partial charge is 0.401 e. The van der Waals surface area contributed by atoms with Crippen LogP contribution in [0, 0.1) is 0 Å². The SMILES string of the molecule is C=C[C@H](OS(=O)(=O)O[C@@H](C=C)c1ccccc1)c1ccccc1. The highest BCUT2D eigenvalue weighted by molar-refractivity contribution is 7.81. The zero-order valence-corrected chi connectivity index (χ0v) is 13.4. The van der Waals surface area contributed by atoms with E-state index in [0.29, 0.717) is 11.1 Å². The monoisotopic (exact) mass is 330 g/mol. The van der Waals surface area contributed by atoms with E-state index in [9.17, 15) is 8.42 Å². The molecule has 0 spiro atoms. The normalized spacial score (nSPS) is 13.9. The minimum Gasteiger partial charge on any atom is -0.236 e. The lowest BCUT2D eigenvalue weighted by Gasteiger charge is -2.17. The highest BCUT2D eigenvalue weighted by Gasteiger charge is 2.24. The van der Waals surface area contributed by atoms with Crippen molar-refractivity contribution in [3.63, 3.8) is 0 Å². The Kier molecular flexibility index (Phi) is 5.87. The Balaban J connectivity index is 2.14. The summed E-state index contributed by atoms with van der Waals surface area (Å²) in [7, 11) is -4.24. The van der Waals surface area contributed by atoms with E-state index in [0.717, 1.165) is 0 Å². The van der Waals surface area contributed by atoms with Gasteiger partial charge in [0, 0.05) is 0 Å². The molecule has 0 heterocycles.